The van der Waals surface area contributed by atoms with Crippen molar-refractivity contribution >= 4 is 45.9 Å². The maximum atomic E-state index is 5.93. The third-order valence-corrected chi connectivity index (χ3v) is 4.87. The van der Waals surface area contributed by atoms with Gasteiger partial charge in [0.15, 0.2) is 0 Å². The van der Waals surface area contributed by atoms with E-state index in [1.807, 2.05) is 16.8 Å². The number of halogens is 2. The van der Waals surface area contributed by atoms with Crippen molar-refractivity contribution < 1.29 is 4.74 Å². The fraction of sp³-hybridized carbons (Fsp3) is 0.0714. The Morgan fingerprint density at radius 1 is 1.10 bits per heavy atom. The predicted octanol–water partition coefficient (Wildman–Crippen LogP) is 5.76. The molecule has 2 heterocycles. The fourth-order valence-electron chi connectivity index (χ4n) is 1.66. The van der Waals surface area contributed by atoms with E-state index in [2.05, 4.69) is 11.1 Å². The molecule has 0 radical (unpaired) electrons. The van der Waals surface area contributed by atoms with Crippen LogP contribution in [0.3, 0.4) is 0 Å². The first-order valence-corrected chi connectivity index (χ1v) is 8.29. The summed E-state index contributed by atoms with van der Waals surface area (Å²) in [6, 6.07) is 9.23. The Hall–Kier alpha value is -1.07. The van der Waals surface area contributed by atoms with Gasteiger partial charge in [-0.15, -0.1) is 22.7 Å². The lowest BCUT2D eigenvalue weighted by Gasteiger charge is -2.05. The zero-order chi connectivity index (χ0) is 13.9. The van der Waals surface area contributed by atoms with Crippen molar-refractivity contribution in [3.8, 4) is 15.6 Å². The molecule has 0 saturated heterocycles. The Labute approximate surface area is 134 Å². The molecule has 0 unspecified atom stereocenters. The van der Waals surface area contributed by atoms with Crippen molar-refractivity contribution in [2.75, 3.05) is 0 Å². The first kappa shape index (κ1) is 13.9. The van der Waals surface area contributed by atoms with Gasteiger partial charge in [0.1, 0.15) is 17.4 Å². The molecule has 20 heavy (non-hydrogen) atoms. The smallest absolute Gasteiger partial charge is 0.133 e. The van der Waals surface area contributed by atoms with E-state index >= 15 is 0 Å². The van der Waals surface area contributed by atoms with Crippen molar-refractivity contribution in [2.45, 2.75) is 6.61 Å². The van der Waals surface area contributed by atoms with Gasteiger partial charge in [-0.3, -0.25) is 0 Å². The average Bonchev–Trinajstić information content (AvgIpc) is 3.06. The summed E-state index contributed by atoms with van der Waals surface area (Å²) in [6.07, 6.45) is 0. The topological polar surface area (TPSA) is 22.1 Å². The second-order valence-corrected chi connectivity index (χ2v) is 6.69. The van der Waals surface area contributed by atoms with Gasteiger partial charge in [0, 0.05) is 15.4 Å². The van der Waals surface area contributed by atoms with Gasteiger partial charge >= 0.3 is 0 Å². The van der Waals surface area contributed by atoms with E-state index in [0.717, 1.165) is 10.7 Å². The molecule has 0 aliphatic rings. The summed E-state index contributed by atoms with van der Waals surface area (Å²) in [5.74, 6) is 0.646. The SMILES string of the molecule is Clc1cc(Cl)cc(OCc2csc(-c3cccs3)n2)c1. The molecule has 6 heteroatoms. The average molecular weight is 342 g/mol. The van der Waals surface area contributed by atoms with Crippen LogP contribution < -0.4 is 4.74 Å². The number of hydrogen-bond acceptors (Lipinski definition) is 4. The number of hydrogen-bond donors (Lipinski definition) is 0. The van der Waals surface area contributed by atoms with Gasteiger partial charge in [-0.05, 0) is 29.6 Å². The van der Waals surface area contributed by atoms with Gasteiger partial charge in [-0.25, -0.2) is 4.98 Å². The normalized spacial score (nSPS) is 10.7. The molecule has 0 atom stereocenters. The summed E-state index contributed by atoms with van der Waals surface area (Å²) < 4.78 is 5.66. The van der Waals surface area contributed by atoms with Crippen LogP contribution in [0, 0.1) is 0 Å². The zero-order valence-electron chi connectivity index (χ0n) is 10.2. The summed E-state index contributed by atoms with van der Waals surface area (Å²) >= 11 is 15.1. The number of benzene rings is 1. The van der Waals surface area contributed by atoms with Gasteiger partial charge in [-0.1, -0.05) is 29.3 Å². The van der Waals surface area contributed by atoms with Crippen molar-refractivity contribution in [1.82, 2.24) is 4.98 Å². The highest BCUT2D eigenvalue weighted by Crippen LogP contribution is 2.29. The van der Waals surface area contributed by atoms with Crippen LogP contribution in [0.25, 0.3) is 9.88 Å². The molecule has 0 N–H and O–H groups in total. The minimum Gasteiger partial charge on any atom is -0.487 e. The molecule has 0 aliphatic carbocycles. The van der Waals surface area contributed by atoms with E-state index in [1.165, 1.54) is 4.88 Å². The zero-order valence-corrected chi connectivity index (χ0v) is 13.3. The molecule has 2 nitrogen and oxygen atoms in total. The largest absolute Gasteiger partial charge is 0.487 e. The van der Waals surface area contributed by atoms with Crippen LogP contribution in [0.15, 0.2) is 41.1 Å². The summed E-state index contributed by atoms with van der Waals surface area (Å²) in [5, 5.41) is 6.18. The van der Waals surface area contributed by atoms with Gasteiger partial charge < -0.3 is 4.74 Å². The van der Waals surface area contributed by atoms with E-state index in [1.54, 1.807) is 40.9 Å². The van der Waals surface area contributed by atoms with Gasteiger partial charge in [-0.2, -0.15) is 0 Å². The second-order valence-electron chi connectivity index (χ2n) is 4.02. The number of ether oxygens (including phenoxy) is 1. The molecular weight excluding hydrogens is 333 g/mol. The van der Waals surface area contributed by atoms with Crippen molar-refractivity contribution in [3.63, 3.8) is 0 Å². The highest BCUT2D eigenvalue weighted by atomic mass is 35.5. The van der Waals surface area contributed by atoms with Crippen molar-refractivity contribution in [1.29, 1.82) is 0 Å². The molecular formula is C14H9Cl2NOS2. The van der Waals surface area contributed by atoms with Crippen LogP contribution in [-0.4, -0.2) is 4.98 Å². The number of rotatable bonds is 4. The lowest BCUT2D eigenvalue weighted by molar-refractivity contribution is 0.302. The maximum absolute atomic E-state index is 5.93. The van der Waals surface area contributed by atoms with Gasteiger partial charge in [0.2, 0.25) is 0 Å². The molecule has 0 spiro atoms. The Morgan fingerprint density at radius 2 is 1.90 bits per heavy atom. The Balaban J connectivity index is 1.69. The second kappa shape index (κ2) is 6.14. The van der Waals surface area contributed by atoms with Crippen LogP contribution in [-0.2, 0) is 6.61 Å². The van der Waals surface area contributed by atoms with Gasteiger partial charge in [0.25, 0.3) is 0 Å². The van der Waals surface area contributed by atoms with E-state index in [4.69, 9.17) is 27.9 Å². The Kier molecular flexibility index (Phi) is 4.27. The molecule has 0 fully saturated rings. The molecule has 0 aliphatic heterocycles. The Bertz CT molecular complexity index is 690. The molecule has 0 amide bonds. The molecule has 2 aromatic heterocycles. The van der Waals surface area contributed by atoms with E-state index in [0.29, 0.717) is 22.4 Å². The van der Waals surface area contributed by atoms with E-state index in [9.17, 15) is 0 Å². The quantitative estimate of drug-likeness (QED) is 0.602. The monoisotopic (exact) mass is 341 g/mol. The molecule has 0 bridgehead atoms. The maximum Gasteiger partial charge on any atom is 0.133 e. The highest BCUT2D eigenvalue weighted by Gasteiger charge is 2.06. The predicted molar refractivity (Wildman–Crippen MR) is 86.2 cm³/mol. The van der Waals surface area contributed by atoms with Crippen LogP contribution in [0.5, 0.6) is 5.75 Å². The molecule has 102 valence electrons. The molecule has 1 aromatic carbocycles. The summed E-state index contributed by atoms with van der Waals surface area (Å²) in [6.45, 7) is 0.401. The number of thiophene rings is 1. The number of nitrogens with zero attached hydrogens (tertiary/aromatic N) is 1. The highest BCUT2D eigenvalue weighted by molar-refractivity contribution is 7.20. The third kappa shape index (κ3) is 3.33. The van der Waals surface area contributed by atoms with Crippen molar-refractivity contribution in [2.24, 2.45) is 0 Å². The molecule has 3 rings (SSSR count). The minimum atomic E-state index is 0.401. The Morgan fingerprint density at radius 3 is 2.60 bits per heavy atom. The fourth-order valence-corrected chi connectivity index (χ4v) is 3.78. The van der Waals surface area contributed by atoms with E-state index in [-0.39, 0.29) is 0 Å². The standard InChI is InChI=1S/C14H9Cl2NOS2/c15-9-4-10(16)6-12(5-9)18-7-11-8-20-14(17-11)13-2-1-3-19-13/h1-6,8H,7H2. The lowest BCUT2D eigenvalue weighted by Crippen LogP contribution is -1.95. The van der Waals surface area contributed by atoms with Gasteiger partial charge in [0.05, 0.1) is 10.6 Å². The summed E-state index contributed by atoms with van der Waals surface area (Å²) in [7, 11) is 0. The van der Waals surface area contributed by atoms with Crippen LogP contribution in [0.1, 0.15) is 5.69 Å². The van der Waals surface area contributed by atoms with Crippen LogP contribution >= 0.6 is 45.9 Å². The van der Waals surface area contributed by atoms with Crippen LogP contribution in [0.2, 0.25) is 10.0 Å². The molecule has 3 aromatic rings. The number of aromatic nitrogens is 1. The van der Waals surface area contributed by atoms with E-state index < -0.39 is 0 Å². The molecule has 0 saturated carbocycles. The lowest BCUT2D eigenvalue weighted by atomic mass is 10.3. The third-order valence-electron chi connectivity index (χ3n) is 2.51. The minimum absolute atomic E-state index is 0.401. The van der Waals surface area contributed by atoms with Crippen molar-refractivity contribution in [3.05, 3.63) is 56.8 Å². The number of thiazole rings is 1. The first-order valence-electron chi connectivity index (χ1n) is 5.78. The summed E-state index contributed by atoms with van der Waals surface area (Å²) in [4.78, 5) is 5.72. The summed E-state index contributed by atoms with van der Waals surface area (Å²) in [5.41, 5.74) is 0.898. The van der Waals surface area contributed by atoms with Crippen LogP contribution in [0.4, 0.5) is 0 Å². The first-order chi connectivity index (χ1) is 9.70.